The fourth-order valence-corrected chi connectivity index (χ4v) is 3.53. The molecule has 1 atom stereocenters. The summed E-state index contributed by atoms with van der Waals surface area (Å²) in [6, 6.07) is 3.45. The Morgan fingerprint density at radius 1 is 1.10 bits per heavy atom. The normalized spacial score (nSPS) is 27.4. The van der Waals surface area contributed by atoms with E-state index in [1.165, 1.54) is 6.07 Å². The summed E-state index contributed by atoms with van der Waals surface area (Å²) < 4.78 is 52.0. The van der Waals surface area contributed by atoms with Gasteiger partial charge in [0.1, 0.15) is 5.82 Å². The maximum absolute atomic E-state index is 13.9. The van der Waals surface area contributed by atoms with Gasteiger partial charge < -0.3 is 5.32 Å². The lowest BCUT2D eigenvalue weighted by molar-refractivity contribution is -0.140. The van der Waals surface area contributed by atoms with Crippen molar-refractivity contribution in [1.82, 2.24) is 5.32 Å². The van der Waals surface area contributed by atoms with Crippen molar-refractivity contribution in [2.24, 2.45) is 5.92 Å². The molecule has 116 valence electrons. The van der Waals surface area contributed by atoms with Crippen molar-refractivity contribution in [3.63, 3.8) is 0 Å². The Balaban J connectivity index is 1.98. The maximum atomic E-state index is 13.9. The third kappa shape index (κ3) is 2.80. The highest BCUT2D eigenvalue weighted by atomic mass is 19.4. The monoisotopic (exact) mass is 301 g/mol. The molecule has 21 heavy (non-hydrogen) atoms. The van der Waals surface area contributed by atoms with Gasteiger partial charge in [0.15, 0.2) is 0 Å². The maximum Gasteiger partial charge on any atom is 0.419 e. The highest BCUT2D eigenvalue weighted by Gasteiger charge is 2.46. The third-order valence-electron chi connectivity index (χ3n) is 4.75. The summed E-state index contributed by atoms with van der Waals surface area (Å²) in [4.78, 5) is 0. The van der Waals surface area contributed by atoms with E-state index >= 15 is 0 Å². The van der Waals surface area contributed by atoms with E-state index in [0.29, 0.717) is 11.5 Å². The summed E-state index contributed by atoms with van der Waals surface area (Å²) in [5.41, 5.74) is -0.829. The van der Waals surface area contributed by atoms with Crippen molar-refractivity contribution >= 4 is 0 Å². The molecule has 2 fully saturated rings. The van der Waals surface area contributed by atoms with Crippen LogP contribution in [-0.2, 0) is 11.7 Å². The van der Waals surface area contributed by atoms with E-state index < -0.39 is 17.6 Å². The first-order valence-corrected chi connectivity index (χ1v) is 7.56. The number of hydrogen-bond donors (Lipinski definition) is 1. The predicted octanol–water partition coefficient (Wildman–Crippen LogP) is 4.61. The molecule has 1 saturated heterocycles. The van der Waals surface area contributed by atoms with E-state index in [1.54, 1.807) is 0 Å². The molecule has 0 radical (unpaired) electrons. The van der Waals surface area contributed by atoms with Crippen LogP contribution in [0.25, 0.3) is 0 Å². The largest absolute Gasteiger partial charge is 0.419 e. The lowest BCUT2D eigenvalue weighted by Crippen LogP contribution is -2.44. The zero-order valence-electron chi connectivity index (χ0n) is 11.8. The molecular weight excluding hydrogens is 282 g/mol. The zero-order valence-corrected chi connectivity index (χ0v) is 11.8. The minimum absolute atomic E-state index is 0.332. The van der Waals surface area contributed by atoms with E-state index in [-0.39, 0.29) is 5.54 Å². The summed E-state index contributed by atoms with van der Waals surface area (Å²) in [5, 5.41) is 3.51. The Morgan fingerprint density at radius 3 is 2.48 bits per heavy atom. The van der Waals surface area contributed by atoms with Crippen LogP contribution in [0, 0.1) is 11.7 Å². The molecule has 0 amide bonds. The molecule has 5 heteroatoms. The van der Waals surface area contributed by atoms with Crippen molar-refractivity contribution < 1.29 is 17.6 Å². The second kappa shape index (κ2) is 5.27. The number of nitrogens with one attached hydrogen (secondary N) is 1. The molecule has 2 aliphatic rings. The Labute approximate surface area is 121 Å². The highest BCUT2D eigenvalue weighted by Crippen LogP contribution is 2.49. The van der Waals surface area contributed by atoms with Crippen molar-refractivity contribution in [3.8, 4) is 0 Å². The van der Waals surface area contributed by atoms with Crippen molar-refractivity contribution in [2.75, 3.05) is 6.54 Å². The van der Waals surface area contributed by atoms with Gasteiger partial charge in [0, 0.05) is 5.54 Å². The van der Waals surface area contributed by atoms with Crippen LogP contribution in [0.4, 0.5) is 17.6 Å². The molecule has 1 unspecified atom stereocenters. The Bertz CT molecular complexity index is 511. The van der Waals surface area contributed by atoms with Crippen LogP contribution in [0.1, 0.15) is 49.7 Å². The summed E-state index contributed by atoms with van der Waals surface area (Å²) >= 11 is 0. The van der Waals surface area contributed by atoms with Crippen LogP contribution >= 0.6 is 0 Å². The molecule has 1 aliphatic heterocycles. The van der Waals surface area contributed by atoms with E-state index in [1.807, 2.05) is 0 Å². The molecule has 1 saturated carbocycles. The first kappa shape index (κ1) is 14.8. The van der Waals surface area contributed by atoms with Crippen molar-refractivity contribution in [2.45, 2.75) is 50.2 Å². The van der Waals surface area contributed by atoms with Gasteiger partial charge in [-0.05, 0) is 55.8 Å². The molecule has 1 nitrogen and oxygen atoms in total. The lowest BCUT2D eigenvalue weighted by Gasteiger charge is -2.35. The zero-order chi connectivity index (χ0) is 15.1. The van der Waals surface area contributed by atoms with Gasteiger partial charge in [-0.15, -0.1) is 0 Å². The Hall–Kier alpha value is -1.10. The average molecular weight is 301 g/mol. The van der Waals surface area contributed by atoms with E-state index in [0.717, 1.165) is 57.2 Å². The second-order valence-electron chi connectivity index (χ2n) is 6.18. The average Bonchev–Trinajstić information content (AvgIpc) is 3.24. The fraction of sp³-hybridized carbons (Fsp3) is 0.625. The number of halogens is 4. The van der Waals surface area contributed by atoms with Crippen LogP contribution < -0.4 is 5.32 Å². The minimum Gasteiger partial charge on any atom is -0.307 e. The van der Waals surface area contributed by atoms with Gasteiger partial charge >= 0.3 is 6.18 Å². The fourth-order valence-electron chi connectivity index (χ4n) is 3.53. The van der Waals surface area contributed by atoms with Gasteiger partial charge in [0.05, 0.1) is 5.56 Å². The van der Waals surface area contributed by atoms with Crippen LogP contribution in [0.2, 0.25) is 0 Å². The van der Waals surface area contributed by atoms with Gasteiger partial charge in [-0.25, -0.2) is 4.39 Å². The Kier molecular flexibility index (Phi) is 3.72. The van der Waals surface area contributed by atoms with Crippen LogP contribution in [0.5, 0.6) is 0 Å². The number of alkyl halides is 3. The molecule has 1 aromatic carbocycles. The molecule has 0 spiro atoms. The van der Waals surface area contributed by atoms with Crippen molar-refractivity contribution in [3.05, 3.63) is 35.1 Å². The summed E-state index contributed by atoms with van der Waals surface area (Å²) in [5.74, 6) is -0.738. The molecule has 0 aromatic heterocycles. The molecule has 1 aromatic rings. The first-order valence-electron chi connectivity index (χ1n) is 7.56. The van der Waals surface area contributed by atoms with Crippen LogP contribution in [-0.4, -0.2) is 6.54 Å². The minimum atomic E-state index is -4.63. The van der Waals surface area contributed by atoms with E-state index in [2.05, 4.69) is 5.32 Å². The molecule has 3 rings (SSSR count). The quantitative estimate of drug-likeness (QED) is 0.786. The second-order valence-corrected chi connectivity index (χ2v) is 6.18. The van der Waals surface area contributed by atoms with Crippen LogP contribution in [0.3, 0.4) is 0 Å². The third-order valence-corrected chi connectivity index (χ3v) is 4.75. The highest BCUT2D eigenvalue weighted by molar-refractivity contribution is 5.33. The number of rotatable bonds is 2. The van der Waals surface area contributed by atoms with Gasteiger partial charge in [-0.2, -0.15) is 13.2 Å². The molecule has 1 aliphatic carbocycles. The summed E-state index contributed by atoms with van der Waals surface area (Å²) in [7, 11) is 0. The van der Waals surface area contributed by atoms with E-state index in [9.17, 15) is 17.6 Å². The molecular formula is C16H19F4N. The number of hydrogen-bond acceptors (Lipinski definition) is 1. The molecule has 1 N–H and O–H groups in total. The Morgan fingerprint density at radius 2 is 1.86 bits per heavy atom. The van der Waals surface area contributed by atoms with Gasteiger partial charge in [-0.3, -0.25) is 0 Å². The molecule has 0 bridgehead atoms. The number of benzene rings is 1. The van der Waals surface area contributed by atoms with Gasteiger partial charge in [0.25, 0.3) is 0 Å². The smallest absolute Gasteiger partial charge is 0.307 e. The topological polar surface area (TPSA) is 12.0 Å². The molecule has 1 heterocycles. The summed E-state index contributed by atoms with van der Waals surface area (Å²) in [6.07, 6.45) is 1.59. The van der Waals surface area contributed by atoms with Gasteiger partial charge in [-0.1, -0.05) is 18.9 Å². The summed E-state index contributed by atoms with van der Waals surface area (Å²) in [6.45, 7) is 0.846. The van der Waals surface area contributed by atoms with Gasteiger partial charge in [0.2, 0.25) is 0 Å². The van der Waals surface area contributed by atoms with E-state index in [4.69, 9.17) is 0 Å². The first-order chi connectivity index (χ1) is 9.93. The lowest BCUT2D eigenvalue weighted by atomic mass is 9.80. The predicted molar refractivity (Wildman–Crippen MR) is 72.3 cm³/mol. The van der Waals surface area contributed by atoms with Crippen LogP contribution in [0.15, 0.2) is 18.2 Å². The standard InChI is InChI=1S/C16H19F4N/c17-14-10-12(6-7-13(14)16(18,19)20)15(11-4-5-11)8-2-1-3-9-21-15/h6-7,10-11,21H,1-5,8-9H2. The van der Waals surface area contributed by atoms with Crippen molar-refractivity contribution in [1.29, 1.82) is 0 Å². The SMILES string of the molecule is Fc1cc(C2(C3CC3)CCCCCN2)ccc1C(F)(F)F.